The summed E-state index contributed by atoms with van der Waals surface area (Å²) in [7, 11) is 0. The molecule has 10 heteroatoms. The third-order valence-corrected chi connectivity index (χ3v) is 3.00. The molecule has 7 nitrogen and oxygen atoms in total. The van der Waals surface area contributed by atoms with E-state index < -0.39 is 12.0 Å². The molecule has 0 saturated carbocycles. The van der Waals surface area contributed by atoms with Gasteiger partial charge in [0.2, 0.25) is 5.82 Å². The predicted molar refractivity (Wildman–Crippen MR) is 62.5 cm³/mol. The Kier molecular flexibility index (Phi) is 2.73. The molecule has 2 N–H and O–H groups in total. The summed E-state index contributed by atoms with van der Waals surface area (Å²) in [6.07, 6.45) is -3.18. The van der Waals surface area contributed by atoms with Crippen molar-refractivity contribution in [1.29, 1.82) is 0 Å². The summed E-state index contributed by atoms with van der Waals surface area (Å²) < 4.78 is 39.2. The van der Waals surface area contributed by atoms with Crippen molar-refractivity contribution in [2.24, 2.45) is 0 Å². The molecule has 0 radical (unpaired) electrons. The Balaban J connectivity index is 1.88. The fourth-order valence-electron chi connectivity index (χ4n) is 2.10. The second-order valence-electron chi connectivity index (χ2n) is 4.31. The SMILES string of the molecule is Nc1cc(N2CCn3c(nnc3C(F)(F)F)C2)ncn1. The first-order valence-corrected chi connectivity index (χ1v) is 5.77. The van der Waals surface area contributed by atoms with Gasteiger partial charge in [-0.05, 0) is 0 Å². The van der Waals surface area contributed by atoms with Crippen LogP contribution in [-0.4, -0.2) is 31.3 Å². The van der Waals surface area contributed by atoms with E-state index in [1.165, 1.54) is 6.33 Å². The highest BCUT2D eigenvalue weighted by Gasteiger charge is 2.39. The lowest BCUT2D eigenvalue weighted by atomic mass is 10.3. The minimum Gasteiger partial charge on any atom is -0.384 e. The van der Waals surface area contributed by atoms with Gasteiger partial charge >= 0.3 is 6.18 Å². The molecule has 0 bridgehead atoms. The zero-order valence-corrected chi connectivity index (χ0v) is 10.2. The molecule has 2 aromatic rings. The van der Waals surface area contributed by atoms with Gasteiger partial charge in [0.1, 0.15) is 18.0 Å². The van der Waals surface area contributed by atoms with Crippen LogP contribution >= 0.6 is 0 Å². The van der Waals surface area contributed by atoms with Gasteiger partial charge in [-0.25, -0.2) is 9.97 Å². The second-order valence-corrected chi connectivity index (χ2v) is 4.31. The van der Waals surface area contributed by atoms with E-state index in [2.05, 4.69) is 20.2 Å². The van der Waals surface area contributed by atoms with E-state index in [1.54, 1.807) is 11.0 Å². The number of aromatic nitrogens is 5. The normalized spacial score (nSPS) is 15.2. The lowest BCUT2D eigenvalue weighted by molar-refractivity contribution is -0.147. The molecule has 3 heterocycles. The molecule has 0 saturated heterocycles. The van der Waals surface area contributed by atoms with E-state index in [4.69, 9.17) is 5.73 Å². The lowest BCUT2D eigenvalue weighted by Crippen LogP contribution is -2.35. The number of anilines is 2. The molecule has 106 valence electrons. The van der Waals surface area contributed by atoms with E-state index in [-0.39, 0.29) is 18.9 Å². The van der Waals surface area contributed by atoms with Crippen LogP contribution in [0.4, 0.5) is 24.8 Å². The van der Waals surface area contributed by atoms with E-state index in [0.29, 0.717) is 18.2 Å². The highest BCUT2D eigenvalue weighted by Crippen LogP contribution is 2.30. The standard InChI is InChI=1S/C10H10F3N7/c11-10(12,13)9-18-17-8-4-19(1-2-20(8)9)7-3-6(14)15-5-16-7/h3,5H,1-2,4H2,(H2,14,15,16). The van der Waals surface area contributed by atoms with Gasteiger partial charge in [-0.1, -0.05) is 0 Å². The first-order valence-electron chi connectivity index (χ1n) is 5.77. The van der Waals surface area contributed by atoms with Gasteiger partial charge < -0.3 is 15.2 Å². The second kappa shape index (κ2) is 4.32. The molecule has 1 aliphatic heterocycles. The maximum Gasteiger partial charge on any atom is 0.451 e. The van der Waals surface area contributed by atoms with Gasteiger partial charge in [0.25, 0.3) is 0 Å². The Labute approximate surface area is 111 Å². The average molecular weight is 285 g/mol. The highest BCUT2D eigenvalue weighted by atomic mass is 19.4. The van der Waals surface area contributed by atoms with Crippen LogP contribution in [-0.2, 0) is 19.3 Å². The average Bonchev–Trinajstić information content (AvgIpc) is 2.81. The summed E-state index contributed by atoms with van der Waals surface area (Å²) >= 11 is 0. The van der Waals surface area contributed by atoms with Gasteiger partial charge in [-0.2, -0.15) is 13.2 Å². The Morgan fingerprint density at radius 1 is 1.15 bits per heavy atom. The Hall–Kier alpha value is -2.39. The Bertz CT molecular complexity index is 636. The number of fused-ring (bicyclic) bond motifs is 1. The van der Waals surface area contributed by atoms with Crippen molar-refractivity contribution in [1.82, 2.24) is 24.7 Å². The number of hydrogen-bond donors (Lipinski definition) is 1. The van der Waals surface area contributed by atoms with Crippen LogP contribution in [0, 0.1) is 0 Å². The van der Waals surface area contributed by atoms with Crippen LogP contribution < -0.4 is 10.6 Å². The summed E-state index contributed by atoms with van der Waals surface area (Å²) in [5.41, 5.74) is 5.56. The van der Waals surface area contributed by atoms with Crippen molar-refractivity contribution in [3.63, 3.8) is 0 Å². The van der Waals surface area contributed by atoms with Crippen LogP contribution in [0.1, 0.15) is 11.6 Å². The van der Waals surface area contributed by atoms with Crippen molar-refractivity contribution in [3.8, 4) is 0 Å². The van der Waals surface area contributed by atoms with Gasteiger partial charge in [0, 0.05) is 19.2 Å². The number of nitrogen functional groups attached to an aromatic ring is 1. The zero-order chi connectivity index (χ0) is 14.3. The third-order valence-electron chi connectivity index (χ3n) is 3.00. The highest BCUT2D eigenvalue weighted by molar-refractivity contribution is 5.46. The lowest BCUT2D eigenvalue weighted by Gasteiger charge is -2.28. The van der Waals surface area contributed by atoms with Gasteiger partial charge in [-0.3, -0.25) is 0 Å². The molecule has 3 rings (SSSR count). The van der Waals surface area contributed by atoms with E-state index in [0.717, 1.165) is 4.57 Å². The Morgan fingerprint density at radius 2 is 1.95 bits per heavy atom. The molecule has 1 aliphatic rings. The smallest absolute Gasteiger partial charge is 0.384 e. The fraction of sp³-hybridized carbons (Fsp3) is 0.400. The first-order chi connectivity index (χ1) is 9.45. The molecule has 0 spiro atoms. The minimum atomic E-state index is -4.49. The van der Waals surface area contributed by atoms with Crippen LogP contribution in [0.5, 0.6) is 0 Å². The maximum atomic E-state index is 12.7. The zero-order valence-electron chi connectivity index (χ0n) is 10.2. The van der Waals surface area contributed by atoms with E-state index >= 15 is 0 Å². The number of hydrogen-bond acceptors (Lipinski definition) is 6. The van der Waals surface area contributed by atoms with E-state index in [9.17, 15) is 13.2 Å². The minimum absolute atomic E-state index is 0.140. The molecule has 2 aromatic heterocycles. The number of nitrogens with zero attached hydrogens (tertiary/aromatic N) is 6. The van der Waals surface area contributed by atoms with Crippen molar-refractivity contribution >= 4 is 11.6 Å². The molecule has 0 unspecified atom stereocenters. The van der Waals surface area contributed by atoms with Crippen LogP contribution in [0.25, 0.3) is 0 Å². The molecule has 0 amide bonds. The summed E-state index contributed by atoms with van der Waals surface area (Å²) in [6, 6.07) is 1.57. The number of nitrogens with two attached hydrogens (primary N) is 1. The van der Waals surface area contributed by atoms with Crippen molar-refractivity contribution < 1.29 is 13.2 Å². The summed E-state index contributed by atoms with van der Waals surface area (Å²) in [6.45, 7) is 0.700. The van der Waals surface area contributed by atoms with Crippen LogP contribution in [0.15, 0.2) is 12.4 Å². The Morgan fingerprint density at radius 3 is 2.65 bits per heavy atom. The van der Waals surface area contributed by atoms with Crippen molar-refractivity contribution in [3.05, 3.63) is 24.0 Å². The molecule has 0 aromatic carbocycles. The topological polar surface area (TPSA) is 85.8 Å². The summed E-state index contributed by atoms with van der Waals surface area (Å²) in [4.78, 5) is 9.60. The quantitative estimate of drug-likeness (QED) is 0.829. The molecule has 0 aliphatic carbocycles. The summed E-state index contributed by atoms with van der Waals surface area (Å²) in [5, 5.41) is 6.82. The molecule has 20 heavy (non-hydrogen) atoms. The molecular formula is C10H10F3N7. The van der Waals surface area contributed by atoms with Crippen LogP contribution in [0.3, 0.4) is 0 Å². The monoisotopic (exact) mass is 285 g/mol. The summed E-state index contributed by atoms with van der Waals surface area (Å²) in [5.74, 6) is 0.147. The van der Waals surface area contributed by atoms with Gasteiger partial charge in [0.05, 0.1) is 6.54 Å². The third kappa shape index (κ3) is 2.12. The van der Waals surface area contributed by atoms with Crippen molar-refractivity contribution in [2.75, 3.05) is 17.2 Å². The number of alkyl halides is 3. The molecule has 0 atom stereocenters. The van der Waals surface area contributed by atoms with Crippen molar-refractivity contribution in [2.45, 2.75) is 19.3 Å². The van der Waals surface area contributed by atoms with Gasteiger partial charge in [0.15, 0.2) is 5.82 Å². The van der Waals surface area contributed by atoms with Gasteiger partial charge in [-0.15, -0.1) is 10.2 Å². The fourth-order valence-corrected chi connectivity index (χ4v) is 2.10. The molecule has 0 fully saturated rings. The van der Waals surface area contributed by atoms with E-state index in [1.807, 2.05) is 0 Å². The number of halogens is 3. The molecular weight excluding hydrogens is 275 g/mol. The largest absolute Gasteiger partial charge is 0.451 e. The van der Waals surface area contributed by atoms with Crippen LogP contribution in [0.2, 0.25) is 0 Å². The number of rotatable bonds is 1. The predicted octanol–water partition coefficient (Wildman–Crippen LogP) is 0.689. The first kappa shape index (κ1) is 12.6. The maximum absolute atomic E-state index is 12.7.